The third-order valence-electron chi connectivity index (χ3n) is 2.58. The van der Waals surface area contributed by atoms with E-state index in [0.29, 0.717) is 13.0 Å². The molecule has 1 amide bonds. The molecule has 1 aliphatic rings. The molecule has 82 valence electrons. The van der Waals surface area contributed by atoms with Gasteiger partial charge in [-0.05, 0) is 25.3 Å². The average molecular weight is 199 g/mol. The van der Waals surface area contributed by atoms with Crippen molar-refractivity contribution in [2.75, 3.05) is 19.6 Å². The summed E-state index contributed by atoms with van der Waals surface area (Å²) in [7, 11) is 0. The largest absolute Gasteiger partial charge is 0.330 e. The van der Waals surface area contributed by atoms with Gasteiger partial charge in [-0.2, -0.15) is 0 Å². The van der Waals surface area contributed by atoms with Crippen LogP contribution < -0.4 is 11.2 Å². The Kier molecular flexibility index (Phi) is 4.90. The molecule has 0 aromatic rings. The van der Waals surface area contributed by atoms with Gasteiger partial charge in [0.25, 0.3) is 0 Å². The molecule has 1 aliphatic heterocycles. The van der Waals surface area contributed by atoms with Gasteiger partial charge in [0.15, 0.2) is 0 Å². The number of rotatable bonds is 4. The van der Waals surface area contributed by atoms with E-state index in [1.54, 1.807) is 0 Å². The summed E-state index contributed by atoms with van der Waals surface area (Å²) in [5.74, 6) is 0.379. The average Bonchev–Trinajstić information content (AvgIpc) is 2.19. The van der Waals surface area contributed by atoms with E-state index >= 15 is 0 Å². The second kappa shape index (κ2) is 5.98. The van der Waals surface area contributed by atoms with E-state index in [-0.39, 0.29) is 11.8 Å². The maximum Gasteiger partial charge on any atom is 0.234 e. The SMILES string of the molecule is CC(CN)CC(=O)NN1CCCCC1. The van der Waals surface area contributed by atoms with E-state index in [0.717, 1.165) is 13.1 Å². The number of nitrogens with two attached hydrogens (primary N) is 1. The minimum atomic E-state index is 0.102. The van der Waals surface area contributed by atoms with Gasteiger partial charge in [0, 0.05) is 19.5 Å². The molecule has 4 nitrogen and oxygen atoms in total. The molecular formula is C10H21N3O. The van der Waals surface area contributed by atoms with Crippen LogP contribution in [0.4, 0.5) is 0 Å². The Morgan fingerprint density at radius 1 is 1.43 bits per heavy atom. The van der Waals surface area contributed by atoms with Crippen LogP contribution in [-0.2, 0) is 4.79 Å². The van der Waals surface area contributed by atoms with Crippen molar-refractivity contribution in [2.24, 2.45) is 11.7 Å². The van der Waals surface area contributed by atoms with E-state index < -0.39 is 0 Å². The molecule has 1 atom stereocenters. The van der Waals surface area contributed by atoms with Gasteiger partial charge in [-0.3, -0.25) is 10.2 Å². The summed E-state index contributed by atoms with van der Waals surface area (Å²) in [4.78, 5) is 11.5. The lowest BCUT2D eigenvalue weighted by Crippen LogP contribution is -2.45. The van der Waals surface area contributed by atoms with Crippen LogP contribution in [0.1, 0.15) is 32.6 Å². The molecule has 0 aromatic heterocycles. The van der Waals surface area contributed by atoms with E-state index in [4.69, 9.17) is 5.73 Å². The fraction of sp³-hybridized carbons (Fsp3) is 0.900. The highest BCUT2D eigenvalue weighted by Crippen LogP contribution is 2.06. The Hall–Kier alpha value is -0.610. The summed E-state index contributed by atoms with van der Waals surface area (Å²) in [6.07, 6.45) is 4.19. The number of carbonyl (C=O) groups is 1. The molecule has 0 bridgehead atoms. The molecule has 0 spiro atoms. The molecule has 3 N–H and O–H groups in total. The summed E-state index contributed by atoms with van der Waals surface area (Å²) in [6, 6.07) is 0. The topological polar surface area (TPSA) is 58.4 Å². The van der Waals surface area contributed by atoms with Crippen molar-refractivity contribution in [1.82, 2.24) is 10.4 Å². The summed E-state index contributed by atoms with van der Waals surface area (Å²) in [5, 5.41) is 2.02. The van der Waals surface area contributed by atoms with Gasteiger partial charge in [0.2, 0.25) is 5.91 Å². The molecule has 1 saturated heterocycles. The minimum absolute atomic E-state index is 0.102. The normalized spacial score (nSPS) is 20.4. The van der Waals surface area contributed by atoms with Gasteiger partial charge in [-0.25, -0.2) is 5.01 Å². The van der Waals surface area contributed by atoms with Crippen molar-refractivity contribution in [3.8, 4) is 0 Å². The number of nitrogens with zero attached hydrogens (tertiary/aromatic N) is 1. The van der Waals surface area contributed by atoms with Crippen molar-refractivity contribution in [3.63, 3.8) is 0 Å². The first-order valence-corrected chi connectivity index (χ1v) is 5.47. The van der Waals surface area contributed by atoms with Crippen molar-refractivity contribution in [2.45, 2.75) is 32.6 Å². The molecule has 0 radical (unpaired) electrons. The molecule has 14 heavy (non-hydrogen) atoms. The second-order valence-corrected chi connectivity index (χ2v) is 4.13. The molecule has 1 heterocycles. The Morgan fingerprint density at radius 3 is 2.64 bits per heavy atom. The van der Waals surface area contributed by atoms with Gasteiger partial charge in [0.05, 0.1) is 0 Å². The van der Waals surface area contributed by atoms with Crippen LogP contribution in [0.3, 0.4) is 0 Å². The Labute approximate surface area is 85.8 Å². The third kappa shape index (κ3) is 4.07. The van der Waals surface area contributed by atoms with Crippen LogP contribution in [0, 0.1) is 5.92 Å². The van der Waals surface area contributed by atoms with Crippen LogP contribution in [0.2, 0.25) is 0 Å². The van der Waals surface area contributed by atoms with E-state index in [9.17, 15) is 4.79 Å². The quantitative estimate of drug-likeness (QED) is 0.692. The lowest BCUT2D eigenvalue weighted by Gasteiger charge is -2.27. The smallest absolute Gasteiger partial charge is 0.234 e. The lowest BCUT2D eigenvalue weighted by atomic mass is 10.1. The van der Waals surface area contributed by atoms with Gasteiger partial charge in [0.1, 0.15) is 0 Å². The Balaban J connectivity index is 2.18. The number of amides is 1. The molecule has 0 aliphatic carbocycles. The molecule has 1 unspecified atom stereocenters. The number of hydrazine groups is 1. The maximum absolute atomic E-state index is 11.5. The molecule has 0 aromatic carbocycles. The van der Waals surface area contributed by atoms with Crippen LogP contribution in [0.5, 0.6) is 0 Å². The molecule has 1 rings (SSSR count). The predicted molar refractivity (Wildman–Crippen MR) is 56.4 cm³/mol. The van der Waals surface area contributed by atoms with Crippen molar-refractivity contribution in [1.29, 1.82) is 0 Å². The zero-order chi connectivity index (χ0) is 10.4. The van der Waals surface area contributed by atoms with Crippen molar-refractivity contribution in [3.05, 3.63) is 0 Å². The monoisotopic (exact) mass is 199 g/mol. The second-order valence-electron chi connectivity index (χ2n) is 4.13. The number of piperidine rings is 1. The fourth-order valence-corrected chi connectivity index (χ4v) is 1.63. The maximum atomic E-state index is 11.5. The highest BCUT2D eigenvalue weighted by molar-refractivity contribution is 5.75. The van der Waals surface area contributed by atoms with Crippen molar-refractivity contribution >= 4 is 5.91 Å². The molecular weight excluding hydrogens is 178 g/mol. The van der Waals surface area contributed by atoms with Crippen LogP contribution in [0.25, 0.3) is 0 Å². The minimum Gasteiger partial charge on any atom is -0.330 e. The van der Waals surface area contributed by atoms with Gasteiger partial charge in [-0.15, -0.1) is 0 Å². The van der Waals surface area contributed by atoms with Crippen LogP contribution >= 0.6 is 0 Å². The number of nitrogens with one attached hydrogen (secondary N) is 1. The summed E-state index contributed by atoms with van der Waals surface area (Å²) in [5.41, 5.74) is 8.38. The van der Waals surface area contributed by atoms with Gasteiger partial charge < -0.3 is 5.73 Å². The van der Waals surface area contributed by atoms with E-state index in [1.807, 2.05) is 11.9 Å². The predicted octanol–water partition coefficient (Wildman–Crippen LogP) is 0.488. The highest BCUT2D eigenvalue weighted by atomic mass is 16.2. The molecule has 0 saturated carbocycles. The summed E-state index contributed by atoms with van der Waals surface area (Å²) in [6.45, 7) is 4.55. The Bertz CT molecular complexity index is 178. The summed E-state index contributed by atoms with van der Waals surface area (Å²) < 4.78 is 0. The first-order valence-electron chi connectivity index (χ1n) is 5.47. The van der Waals surface area contributed by atoms with Crippen LogP contribution in [-0.4, -0.2) is 30.6 Å². The zero-order valence-corrected chi connectivity index (χ0v) is 8.96. The standard InChI is InChI=1S/C10H21N3O/c1-9(8-11)7-10(14)12-13-5-3-2-4-6-13/h9H,2-8,11H2,1H3,(H,12,14). The first kappa shape index (κ1) is 11.5. The van der Waals surface area contributed by atoms with Crippen molar-refractivity contribution < 1.29 is 4.79 Å². The number of carbonyl (C=O) groups excluding carboxylic acids is 1. The first-order chi connectivity index (χ1) is 6.72. The van der Waals surface area contributed by atoms with E-state index in [2.05, 4.69) is 5.43 Å². The molecule has 4 heteroatoms. The number of hydrogen-bond donors (Lipinski definition) is 2. The van der Waals surface area contributed by atoms with Gasteiger partial charge in [-0.1, -0.05) is 13.3 Å². The zero-order valence-electron chi connectivity index (χ0n) is 8.96. The fourth-order valence-electron chi connectivity index (χ4n) is 1.63. The Morgan fingerprint density at radius 2 is 2.07 bits per heavy atom. The molecule has 1 fully saturated rings. The van der Waals surface area contributed by atoms with E-state index in [1.165, 1.54) is 19.3 Å². The van der Waals surface area contributed by atoms with Crippen LogP contribution in [0.15, 0.2) is 0 Å². The summed E-state index contributed by atoms with van der Waals surface area (Å²) >= 11 is 0. The third-order valence-corrected chi connectivity index (χ3v) is 2.58. The lowest BCUT2D eigenvalue weighted by molar-refractivity contribution is -0.127. The highest BCUT2D eigenvalue weighted by Gasteiger charge is 2.13. The van der Waals surface area contributed by atoms with Gasteiger partial charge >= 0.3 is 0 Å². The number of hydrogen-bond acceptors (Lipinski definition) is 3.